The number of hydrogen-bond donors (Lipinski definition) is 1. The van der Waals surface area contributed by atoms with Crippen molar-refractivity contribution in [3.05, 3.63) is 53.9 Å². The zero-order chi connectivity index (χ0) is 20.5. The molecule has 0 unspecified atom stereocenters. The van der Waals surface area contributed by atoms with Gasteiger partial charge in [0.05, 0.1) is 0 Å². The van der Waals surface area contributed by atoms with Crippen LogP contribution in [0.25, 0.3) is 0 Å². The minimum atomic E-state index is 0. The van der Waals surface area contributed by atoms with E-state index < -0.39 is 0 Å². The van der Waals surface area contributed by atoms with E-state index in [4.69, 9.17) is 0 Å². The second kappa shape index (κ2) is 12.7. The summed E-state index contributed by atoms with van der Waals surface area (Å²) in [5.74, 6) is 1.76. The van der Waals surface area contributed by atoms with Gasteiger partial charge in [0.15, 0.2) is 5.96 Å². The van der Waals surface area contributed by atoms with Crippen LogP contribution >= 0.6 is 24.0 Å². The molecule has 1 aliphatic heterocycles. The third-order valence-electron chi connectivity index (χ3n) is 5.40. The summed E-state index contributed by atoms with van der Waals surface area (Å²) < 4.78 is 0. The lowest BCUT2D eigenvalue weighted by Crippen LogP contribution is -2.52. The molecule has 30 heavy (non-hydrogen) atoms. The summed E-state index contributed by atoms with van der Waals surface area (Å²) in [5.41, 5.74) is 2.63. The molecule has 1 fully saturated rings. The Bertz CT molecular complexity index is 755. The zero-order valence-electron chi connectivity index (χ0n) is 18.3. The van der Waals surface area contributed by atoms with Gasteiger partial charge in [-0.25, -0.2) is 9.97 Å². The highest BCUT2D eigenvalue weighted by atomic mass is 127. The van der Waals surface area contributed by atoms with Gasteiger partial charge < -0.3 is 15.1 Å². The van der Waals surface area contributed by atoms with E-state index in [9.17, 15) is 0 Å². The van der Waals surface area contributed by atoms with Gasteiger partial charge in [-0.3, -0.25) is 9.89 Å². The highest BCUT2D eigenvalue weighted by molar-refractivity contribution is 14.0. The molecule has 0 bridgehead atoms. The molecule has 3 rings (SSSR count). The van der Waals surface area contributed by atoms with Crippen molar-refractivity contribution in [1.82, 2.24) is 25.1 Å². The SMILES string of the molecule is CCN(CC)Cc1ccc(CNC(=NC)N2CCN(c3ncccn3)CC2)cc1.I. The van der Waals surface area contributed by atoms with Crippen molar-refractivity contribution in [3.63, 3.8) is 0 Å². The molecule has 1 saturated heterocycles. The normalized spacial score (nSPS) is 14.6. The van der Waals surface area contributed by atoms with Crippen molar-refractivity contribution in [1.29, 1.82) is 0 Å². The number of guanidine groups is 1. The molecular weight excluding hydrogens is 489 g/mol. The minimum absolute atomic E-state index is 0. The van der Waals surface area contributed by atoms with Gasteiger partial charge in [-0.05, 0) is 30.3 Å². The molecule has 1 aromatic carbocycles. The summed E-state index contributed by atoms with van der Waals surface area (Å²) >= 11 is 0. The molecule has 164 valence electrons. The molecule has 2 aromatic rings. The highest BCUT2D eigenvalue weighted by Gasteiger charge is 2.20. The second-order valence-electron chi connectivity index (χ2n) is 7.20. The molecule has 1 aliphatic rings. The van der Waals surface area contributed by atoms with Crippen LogP contribution in [-0.2, 0) is 13.1 Å². The first-order valence-corrected chi connectivity index (χ1v) is 10.5. The van der Waals surface area contributed by atoms with Gasteiger partial charge in [0, 0.05) is 58.7 Å². The lowest BCUT2D eigenvalue weighted by molar-refractivity contribution is 0.296. The van der Waals surface area contributed by atoms with Crippen LogP contribution in [0.5, 0.6) is 0 Å². The first kappa shape index (κ1) is 24.3. The predicted octanol–water partition coefficient (Wildman–Crippen LogP) is 2.83. The van der Waals surface area contributed by atoms with Gasteiger partial charge in [-0.15, -0.1) is 24.0 Å². The number of benzene rings is 1. The maximum atomic E-state index is 4.48. The lowest BCUT2D eigenvalue weighted by atomic mass is 10.1. The van der Waals surface area contributed by atoms with E-state index in [0.29, 0.717) is 0 Å². The number of nitrogens with zero attached hydrogens (tertiary/aromatic N) is 6. The van der Waals surface area contributed by atoms with Gasteiger partial charge in [-0.2, -0.15) is 0 Å². The van der Waals surface area contributed by atoms with E-state index in [1.165, 1.54) is 11.1 Å². The summed E-state index contributed by atoms with van der Waals surface area (Å²) in [6.45, 7) is 12.0. The largest absolute Gasteiger partial charge is 0.352 e. The Morgan fingerprint density at radius 3 is 2.17 bits per heavy atom. The number of aromatic nitrogens is 2. The quantitative estimate of drug-likeness (QED) is 0.342. The Kier molecular flexibility index (Phi) is 10.3. The molecule has 0 spiro atoms. The Labute approximate surface area is 197 Å². The van der Waals surface area contributed by atoms with Crippen molar-refractivity contribution >= 4 is 35.9 Å². The molecule has 2 heterocycles. The zero-order valence-corrected chi connectivity index (χ0v) is 20.6. The van der Waals surface area contributed by atoms with E-state index in [-0.39, 0.29) is 24.0 Å². The molecule has 7 nitrogen and oxygen atoms in total. The maximum Gasteiger partial charge on any atom is 0.225 e. The van der Waals surface area contributed by atoms with Crippen LogP contribution in [0.4, 0.5) is 5.95 Å². The highest BCUT2D eigenvalue weighted by Crippen LogP contribution is 2.11. The Balaban J connectivity index is 0.00000320. The molecular formula is C22H34IN7. The van der Waals surface area contributed by atoms with Crippen molar-refractivity contribution in [2.75, 3.05) is 51.2 Å². The standard InChI is InChI=1S/C22H33N7.HI/c1-4-27(5-2)18-20-9-7-19(8-10-20)17-26-21(23-3)28-13-15-29(16-14-28)22-24-11-6-12-25-22;/h6-12H,4-5,13-18H2,1-3H3,(H,23,26);1H. The van der Waals surface area contributed by atoms with Crippen LogP contribution in [-0.4, -0.2) is 72.0 Å². The molecule has 0 saturated carbocycles. The summed E-state index contributed by atoms with van der Waals surface area (Å²) in [6.07, 6.45) is 3.59. The van der Waals surface area contributed by atoms with Crippen LogP contribution < -0.4 is 10.2 Å². The molecule has 0 aliphatic carbocycles. The summed E-state index contributed by atoms with van der Waals surface area (Å²) in [4.78, 5) is 20.1. The number of nitrogens with one attached hydrogen (secondary N) is 1. The summed E-state index contributed by atoms with van der Waals surface area (Å²) in [6, 6.07) is 10.7. The van der Waals surface area contributed by atoms with E-state index in [2.05, 4.69) is 73.1 Å². The summed E-state index contributed by atoms with van der Waals surface area (Å²) in [7, 11) is 1.85. The van der Waals surface area contributed by atoms with Crippen molar-refractivity contribution in [3.8, 4) is 0 Å². The number of anilines is 1. The summed E-state index contributed by atoms with van der Waals surface area (Å²) in [5, 5.41) is 3.51. The average molecular weight is 523 g/mol. The fourth-order valence-electron chi connectivity index (χ4n) is 3.55. The van der Waals surface area contributed by atoms with Crippen LogP contribution in [0.1, 0.15) is 25.0 Å². The Morgan fingerprint density at radius 1 is 1.00 bits per heavy atom. The first-order chi connectivity index (χ1) is 14.2. The number of aliphatic imine (C=N–C) groups is 1. The van der Waals surface area contributed by atoms with Gasteiger partial charge in [0.2, 0.25) is 5.95 Å². The van der Waals surface area contributed by atoms with Crippen LogP contribution in [0.15, 0.2) is 47.7 Å². The molecule has 0 atom stereocenters. The fourth-order valence-corrected chi connectivity index (χ4v) is 3.55. The predicted molar refractivity (Wildman–Crippen MR) is 134 cm³/mol. The Morgan fingerprint density at radius 2 is 1.60 bits per heavy atom. The number of hydrogen-bond acceptors (Lipinski definition) is 5. The number of piperazine rings is 1. The van der Waals surface area contributed by atoms with Crippen molar-refractivity contribution < 1.29 is 0 Å². The third kappa shape index (κ3) is 6.80. The number of halogens is 1. The van der Waals surface area contributed by atoms with Gasteiger partial charge in [-0.1, -0.05) is 38.1 Å². The smallest absolute Gasteiger partial charge is 0.225 e. The third-order valence-corrected chi connectivity index (χ3v) is 5.40. The first-order valence-electron chi connectivity index (χ1n) is 10.5. The van der Waals surface area contributed by atoms with Gasteiger partial charge in [0.1, 0.15) is 0 Å². The number of rotatable bonds is 7. The molecule has 0 amide bonds. The molecule has 1 N–H and O–H groups in total. The maximum absolute atomic E-state index is 4.48. The monoisotopic (exact) mass is 523 g/mol. The Hall–Kier alpha value is -1.94. The van der Waals surface area contributed by atoms with E-state index in [1.807, 2.05) is 13.1 Å². The topological polar surface area (TPSA) is 59.9 Å². The van der Waals surface area contributed by atoms with E-state index in [1.54, 1.807) is 12.4 Å². The van der Waals surface area contributed by atoms with E-state index >= 15 is 0 Å². The molecule has 0 radical (unpaired) electrons. The molecule has 8 heteroatoms. The molecule has 1 aromatic heterocycles. The van der Waals surface area contributed by atoms with Crippen LogP contribution in [0, 0.1) is 0 Å². The van der Waals surface area contributed by atoms with Crippen molar-refractivity contribution in [2.45, 2.75) is 26.9 Å². The van der Waals surface area contributed by atoms with Gasteiger partial charge >= 0.3 is 0 Å². The van der Waals surface area contributed by atoms with Crippen LogP contribution in [0.2, 0.25) is 0 Å². The second-order valence-corrected chi connectivity index (χ2v) is 7.20. The van der Waals surface area contributed by atoms with Gasteiger partial charge in [0.25, 0.3) is 0 Å². The average Bonchev–Trinajstić information content (AvgIpc) is 2.80. The van der Waals surface area contributed by atoms with Crippen LogP contribution in [0.3, 0.4) is 0 Å². The lowest BCUT2D eigenvalue weighted by Gasteiger charge is -2.36. The minimum Gasteiger partial charge on any atom is -0.352 e. The van der Waals surface area contributed by atoms with E-state index in [0.717, 1.165) is 64.3 Å². The fraction of sp³-hybridized carbons (Fsp3) is 0.500. The van der Waals surface area contributed by atoms with Crippen molar-refractivity contribution in [2.24, 2.45) is 4.99 Å².